The van der Waals surface area contributed by atoms with Crippen LogP contribution in [0.4, 0.5) is 0 Å². The van der Waals surface area contributed by atoms with Crippen LogP contribution < -0.4 is 0 Å². The number of carbonyl (C=O) groups excluding carboxylic acids is 1. The highest BCUT2D eigenvalue weighted by Crippen LogP contribution is 2.34. The lowest BCUT2D eigenvalue weighted by molar-refractivity contribution is -0.130. The lowest BCUT2D eigenvalue weighted by Gasteiger charge is -2.34. The second kappa shape index (κ2) is 6.38. The summed E-state index contributed by atoms with van der Waals surface area (Å²) in [6.07, 6.45) is 5.09. The summed E-state index contributed by atoms with van der Waals surface area (Å²) in [5.74, 6) is -0.490. The fraction of sp³-hybridized carbons (Fsp3) is 0.400. The first-order valence-corrected chi connectivity index (χ1v) is 7.64. The predicted molar refractivity (Wildman–Crippen MR) is 85.1 cm³/mol. The zero-order valence-electron chi connectivity index (χ0n) is 11.2. The molecule has 1 atom stereocenters. The van der Waals surface area contributed by atoms with E-state index >= 15 is 0 Å². The Balaban J connectivity index is 2.28. The third-order valence-corrected chi connectivity index (χ3v) is 4.03. The Kier molecular flexibility index (Phi) is 5.00. The SMILES string of the molecule is CN(C(=O)C(Cl)(Cl)Cl)C1CCCC=C1c1ccccc1. The van der Waals surface area contributed by atoms with Gasteiger partial charge in [-0.2, -0.15) is 0 Å². The third-order valence-electron chi connectivity index (χ3n) is 3.54. The number of amides is 1. The first-order valence-electron chi connectivity index (χ1n) is 6.50. The van der Waals surface area contributed by atoms with Crippen LogP contribution in [0.1, 0.15) is 24.8 Å². The van der Waals surface area contributed by atoms with Crippen LogP contribution in [-0.2, 0) is 4.79 Å². The molecule has 0 N–H and O–H groups in total. The molecule has 1 aliphatic rings. The van der Waals surface area contributed by atoms with Crippen LogP contribution in [0, 0.1) is 0 Å². The Morgan fingerprint density at radius 1 is 1.25 bits per heavy atom. The molecule has 0 fully saturated rings. The van der Waals surface area contributed by atoms with Crippen molar-refractivity contribution in [3.05, 3.63) is 42.0 Å². The molecule has 5 heteroatoms. The Morgan fingerprint density at radius 3 is 2.50 bits per heavy atom. The van der Waals surface area contributed by atoms with Gasteiger partial charge in [0.25, 0.3) is 9.70 Å². The molecule has 2 rings (SSSR count). The first-order chi connectivity index (χ1) is 9.41. The van der Waals surface area contributed by atoms with Gasteiger partial charge in [0.1, 0.15) is 0 Å². The molecule has 0 spiro atoms. The van der Waals surface area contributed by atoms with E-state index in [-0.39, 0.29) is 6.04 Å². The van der Waals surface area contributed by atoms with Crippen molar-refractivity contribution < 1.29 is 4.79 Å². The van der Waals surface area contributed by atoms with Crippen molar-refractivity contribution in [3.63, 3.8) is 0 Å². The molecule has 0 bridgehead atoms. The minimum atomic E-state index is -1.91. The molecule has 20 heavy (non-hydrogen) atoms. The molecule has 1 aliphatic carbocycles. The molecule has 108 valence electrons. The Bertz CT molecular complexity index is 508. The van der Waals surface area contributed by atoms with Gasteiger partial charge in [-0.15, -0.1) is 0 Å². The lowest BCUT2D eigenvalue weighted by atomic mass is 9.88. The van der Waals surface area contributed by atoms with Gasteiger partial charge in [0, 0.05) is 7.05 Å². The van der Waals surface area contributed by atoms with E-state index in [0.717, 1.165) is 30.4 Å². The highest BCUT2D eigenvalue weighted by Gasteiger charge is 2.37. The molecule has 0 saturated heterocycles. The maximum atomic E-state index is 12.1. The summed E-state index contributed by atoms with van der Waals surface area (Å²) in [6, 6.07) is 9.97. The number of nitrogens with zero attached hydrogens (tertiary/aromatic N) is 1. The second-order valence-electron chi connectivity index (χ2n) is 4.89. The van der Waals surface area contributed by atoms with Crippen molar-refractivity contribution in [2.24, 2.45) is 0 Å². The topological polar surface area (TPSA) is 20.3 Å². The van der Waals surface area contributed by atoms with Crippen LogP contribution in [0.3, 0.4) is 0 Å². The van der Waals surface area contributed by atoms with Gasteiger partial charge in [0.05, 0.1) is 6.04 Å². The van der Waals surface area contributed by atoms with Crippen LogP contribution in [0.25, 0.3) is 5.57 Å². The Morgan fingerprint density at radius 2 is 1.90 bits per heavy atom. The minimum Gasteiger partial charge on any atom is -0.335 e. The van der Waals surface area contributed by atoms with E-state index in [2.05, 4.69) is 6.08 Å². The van der Waals surface area contributed by atoms with Crippen LogP contribution in [0.2, 0.25) is 0 Å². The van der Waals surface area contributed by atoms with E-state index in [0.29, 0.717) is 0 Å². The summed E-state index contributed by atoms with van der Waals surface area (Å²) in [5, 5.41) is 0. The zero-order valence-corrected chi connectivity index (χ0v) is 13.4. The average Bonchev–Trinajstić information content (AvgIpc) is 2.45. The molecule has 1 aromatic rings. The van der Waals surface area contributed by atoms with Crippen LogP contribution >= 0.6 is 34.8 Å². The quantitative estimate of drug-likeness (QED) is 0.733. The van der Waals surface area contributed by atoms with E-state index in [4.69, 9.17) is 34.8 Å². The average molecular weight is 333 g/mol. The number of alkyl halides is 3. The maximum Gasteiger partial charge on any atom is 0.274 e. The number of hydrogen-bond acceptors (Lipinski definition) is 1. The molecule has 1 amide bonds. The smallest absolute Gasteiger partial charge is 0.274 e. The molecule has 0 heterocycles. The minimum absolute atomic E-state index is 0.0470. The van der Waals surface area contributed by atoms with Gasteiger partial charge in [-0.05, 0) is 30.4 Å². The van der Waals surface area contributed by atoms with E-state index in [1.54, 1.807) is 11.9 Å². The lowest BCUT2D eigenvalue weighted by Crippen LogP contribution is -2.44. The van der Waals surface area contributed by atoms with Gasteiger partial charge >= 0.3 is 0 Å². The van der Waals surface area contributed by atoms with Gasteiger partial charge in [-0.3, -0.25) is 4.79 Å². The molecule has 2 nitrogen and oxygen atoms in total. The molecule has 1 unspecified atom stereocenters. The highest BCUT2D eigenvalue weighted by atomic mass is 35.6. The molecule has 0 saturated carbocycles. The summed E-state index contributed by atoms with van der Waals surface area (Å²) in [5.41, 5.74) is 2.24. The van der Waals surface area contributed by atoms with Crippen molar-refractivity contribution in [1.82, 2.24) is 4.90 Å². The summed E-state index contributed by atoms with van der Waals surface area (Å²) in [4.78, 5) is 13.7. The molecular formula is C15H16Cl3NO. The normalized spacial score (nSPS) is 19.4. The van der Waals surface area contributed by atoms with Crippen LogP contribution in [0.15, 0.2) is 36.4 Å². The Labute approximate surface area is 134 Å². The van der Waals surface area contributed by atoms with E-state index < -0.39 is 9.70 Å². The number of benzene rings is 1. The van der Waals surface area contributed by atoms with Crippen molar-refractivity contribution >= 4 is 46.3 Å². The fourth-order valence-electron chi connectivity index (χ4n) is 2.54. The third kappa shape index (κ3) is 3.49. The number of carbonyl (C=O) groups is 1. The number of rotatable bonds is 2. The monoisotopic (exact) mass is 331 g/mol. The molecule has 0 radical (unpaired) electrons. The fourth-order valence-corrected chi connectivity index (χ4v) is 2.94. The largest absolute Gasteiger partial charge is 0.335 e. The Hall–Kier alpha value is -0.700. The van der Waals surface area contributed by atoms with E-state index in [1.807, 2.05) is 30.3 Å². The summed E-state index contributed by atoms with van der Waals surface area (Å²) < 4.78 is -1.91. The van der Waals surface area contributed by atoms with Gasteiger partial charge in [0.2, 0.25) is 0 Å². The molecular weight excluding hydrogens is 317 g/mol. The number of halogens is 3. The van der Waals surface area contributed by atoms with Gasteiger partial charge in [0.15, 0.2) is 0 Å². The standard InChI is InChI=1S/C15H16Cl3NO/c1-19(14(20)15(16,17)18)13-10-6-5-9-12(13)11-7-3-2-4-8-11/h2-4,7-9,13H,5-6,10H2,1H3. The zero-order chi connectivity index (χ0) is 14.8. The molecule has 0 aliphatic heterocycles. The van der Waals surface area contributed by atoms with Crippen molar-refractivity contribution in [3.8, 4) is 0 Å². The highest BCUT2D eigenvalue weighted by molar-refractivity contribution is 6.76. The van der Waals surface area contributed by atoms with Crippen LogP contribution in [0.5, 0.6) is 0 Å². The predicted octanol–water partition coefficient (Wildman–Crippen LogP) is 4.45. The molecule has 0 aromatic heterocycles. The van der Waals surface area contributed by atoms with Crippen LogP contribution in [-0.4, -0.2) is 27.7 Å². The number of hydrogen-bond donors (Lipinski definition) is 0. The number of likely N-dealkylation sites (N-methyl/N-ethyl adjacent to an activating group) is 1. The second-order valence-corrected chi connectivity index (χ2v) is 7.17. The summed E-state index contributed by atoms with van der Waals surface area (Å²) in [6.45, 7) is 0. The van der Waals surface area contributed by atoms with Gasteiger partial charge < -0.3 is 4.90 Å². The first kappa shape index (κ1) is 15.7. The van der Waals surface area contributed by atoms with E-state index in [9.17, 15) is 4.79 Å². The van der Waals surface area contributed by atoms with Gasteiger partial charge in [-0.25, -0.2) is 0 Å². The van der Waals surface area contributed by atoms with Crippen molar-refractivity contribution in [2.45, 2.75) is 29.1 Å². The molecule has 1 aromatic carbocycles. The van der Waals surface area contributed by atoms with Crippen molar-refractivity contribution in [2.75, 3.05) is 7.05 Å². The number of allylic oxidation sites excluding steroid dienone is 1. The van der Waals surface area contributed by atoms with Gasteiger partial charge in [-0.1, -0.05) is 71.2 Å². The maximum absolute atomic E-state index is 12.1. The van der Waals surface area contributed by atoms with Crippen molar-refractivity contribution in [1.29, 1.82) is 0 Å². The summed E-state index contributed by atoms with van der Waals surface area (Å²) >= 11 is 17.1. The summed E-state index contributed by atoms with van der Waals surface area (Å²) in [7, 11) is 1.69. The van der Waals surface area contributed by atoms with E-state index in [1.165, 1.54) is 0 Å².